The van der Waals surface area contributed by atoms with Crippen LogP contribution in [0.1, 0.15) is 58.7 Å². The molecule has 1 atom stereocenters. The minimum Gasteiger partial charge on any atom is -0.497 e. The van der Waals surface area contributed by atoms with Gasteiger partial charge >= 0.3 is 0 Å². The first-order chi connectivity index (χ1) is 16.7. The van der Waals surface area contributed by atoms with Crippen molar-refractivity contribution < 1.29 is 14.6 Å². The van der Waals surface area contributed by atoms with Crippen LogP contribution in [0, 0.1) is 0 Å². The van der Waals surface area contributed by atoms with Gasteiger partial charge in [-0.25, -0.2) is 4.98 Å². The summed E-state index contributed by atoms with van der Waals surface area (Å²) < 4.78 is 11.2. The van der Waals surface area contributed by atoms with E-state index in [2.05, 4.69) is 9.88 Å². The van der Waals surface area contributed by atoms with Crippen LogP contribution in [0.25, 0.3) is 21.3 Å². The summed E-state index contributed by atoms with van der Waals surface area (Å²) in [5.41, 5.74) is 1.36. The Balaban J connectivity index is 1.57. The van der Waals surface area contributed by atoms with Gasteiger partial charge in [-0.2, -0.15) is 0 Å². The summed E-state index contributed by atoms with van der Waals surface area (Å²) in [6.45, 7) is 7.23. The molecule has 0 unspecified atom stereocenters. The van der Waals surface area contributed by atoms with Crippen molar-refractivity contribution >= 4 is 21.6 Å². The van der Waals surface area contributed by atoms with Crippen LogP contribution in [-0.2, 0) is 11.3 Å². The lowest BCUT2D eigenvalue weighted by molar-refractivity contribution is -0.0610. The summed E-state index contributed by atoms with van der Waals surface area (Å²) >= 11 is 1.48. The number of nitrogens with one attached hydrogen (secondary N) is 1. The van der Waals surface area contributed by atoms with E-state index in [0.717, 1.165) is 34.5 Å². The van der Waals surface area contributed by atoms with Crippen LogP contribution in [-0.4, -0.2) is 58.0 Å². The SMILES string of the molecule is COc1cccc(-c2csc3nc(CN(C[C@@H](O)COC(C)(C)C)C4CCCCC4)[nH]c(=O)c23)c1. The number of ether oxygens (including phenoxy) is 2. The highest BCUT2D eigenvalue weighted by atomic mass is 32.1. The van der Waals surface area contributed by atoms with E-state index in [-0.39, 0.29) is 17.8 Å². The zero-order chi connectivity index (χ0) is 25.0. The number of aromatic amines is 1. The van der Waals surface area contributed by atoms with Crippen molar-refractivity contribution in [2.45, 2.75) is 77.2 Å². The van der Waals surface area contributed by atoms with Crippen LogP contribution in [0.4, 0.5) is 0 Å². The largest absolute Gasteiger partial charge is 0.497 e. The van der Waals surface area contributed by atoms with E-state index in [1.165, 1.54) is 30.6 Å². The molecule has 0 bridgehead atoms. The smallest absolute Gasteiger partial charge is 0.260 e. The molecular formula is C27H37N3O4S. The number of hydrogen-bond acceptors (Lipinski definition) is 7. The highest BCUT2D eigenvalue weighted by Crippen LogP contribution is 2.32. The van der Waals surface area contributed by atoms with Crippen LogP contribution in [0.2, 0.25) is 0 Å². The summed E-state index contributed by atoms with van der Waals surface area (Å²) in [6.07, 6.45) is 5.22. The van der Waals surface area contributed by atoms with E-state index in [9.17, 15) is 9.90 Å². The number of aromatic nitrogens is 2. The van der Waals surface area contributed by atoms with Gasteiger partial charge in [0.15, 0.2) is 0 Å². The number of rotatable bonds is 9. The number of aliphatic hydroxyl groups excluding tert-OH is 1. The Kier molecular flexibility index (Phi) is 8.27. The highest BCUT2D eigenvalue weighted by Gasteiger charge is 2.25. The molecule has 35 heavy (non-hydrogen) atoms. The Morgan fingerprint density at radius 3 is 2.74 bits per heavy atom. The molecule has 7 nitrogen and oxygen atoms in total. The molecule has 1 fully saturated rings. The molecule has 0 aliphatic heterocycles. The Morgan fingerprint density at radius 2 is 2.03 bits per heavy atom. The number of aliphatic hydroxyl groups is 1. The molecule has 8 heteroatoms. The second kappa shape index (κ2) is 11.2. The van der Waals surface area contributed by atoms with Gasteiger partial charge in [0, 0.05) is 23.5 Å². The van der Waals surface area contributed by atoms with Crippen molar-refractivity contribution in [2.24, 2.45) is 0 Å². The molecule has 0 spiro atoms. The molecule has 1 aromatic carbocycles. The molecule has 0 radical (unpaired) electrons. The maximum absolute atomic E-state index is 13.2. The monoisotopic (exact) mass is 499 g/mol. The highest BCUT2D eigenvalue weighted by molar-refractivity contribution is 7.17. The minimum atomic E-state index is -0.604. The first-order valence-electron chi connectivity index (χ1n) is 12.4. The number of thiophene rings is 1. The van der Waals surface area contributed by atoms with Gasteiger partial charge in [-0.05, 0) is 51.3 Å². The number of benzene rings is 1. The average molecular weight is 500 g/mol. The molecule has 3 aromatic rings. The predicted molar refractivity (Wildman–Crippen MR) is 141 cm³/mol. The topological polar surface area (TPSA) is 87.7 Å². The van der Waals surface area contributed by atoms with Gasteiger partial charge in [-0.15, -0.1) is 11.3 Å². The second-order valence-corrected chi connectivity index (χ2v) is 11.2. The van der Waals surface area contributed by atoms with E-state index >= 15 is 0 Å². The molecule has 2 N–H and O–H groups in total. The van der Waals surface area contributed by atoms with E-state index in [0.29, 0.717) is 30.3 Å². The summed E-state index contributed by atoms with van der Waals surface area (Å²) in [6, 6.07) is 8.08. The van der Waals surface area contributed by atoms with Gasteiger partial charge in [0.2, 0.25) is 0 Å². The lowest BCUT2D eigenvalue weighted by atomic mass is 9.94. The van der Waals surface area contributed by atoms with Crippen molar-refractivity contribution in [3.05, 3.63) is 45.8 Å². The third-order valence-electron chi connectivity index (χ3n) is 6.47. The Morgan fingerprint density at radius 1 is 1.26 bits per heavy atom. The summed E-state index contributed by atoms with van der Waals surface area (Å²) in [4.78, 5) is 24.0. The van der Waals surface area contributed by atoms with Gasteiger partial charge in [-0.1, -0.05) is 31.4 Å². The summed E-state index contributed by atoms with van der Waals surface area (Å²) in [5, 5.41) is 13.3. The molecule has 1 saturated carbocycles. The van der Waals surface area contributed by atoms with Crippen LogP contribution >= 0.6 is 11.3 Å². The van der Waals surface area contributed by atoms with E-state index < -0.39 is 6.10 Å². The fourth-order valence-corrected chi connectivity index (χ4v) is 5.69. The maximum Gasteiger partial charge on any atom is 0.260 e. The zero-order valence-corrected chi connectivity index (χ0v) is 22.0. The molecular weight excluding hydrogens is 462 g/mol. The second-order valence-electron chi connectivity index (χ2n) is 10.4. The molecule has 2 heterocycles. The van der Waals surface area contributed by atoms with Crippen molar-refractivity contribution in [1.82, 2.24) is 14.9 Å². The normalized spacial score (nSPS) is 16.2. The number of fused-ring (bicyclic) bond motifs is 1. The molecule has 2 aromatic heterocycles. The lowest BCUT2D eigenvalue weighted by Crippen LogP contribution is -2.43. The molecule has 1 aliphatic carbocycles. The maximum atomic E-state index is 13.2. The van der Waals surface area contributed by atoms with Crippen LogP contribution in [0.5, 0.6) is 5.75 Å². The fraction of sp³-hybridized carbons (Fsp3) is 0.556. The van der Waals surface area contributed by atoms with Crippen molar-refractivity contribution in [2.75, 3.05) is 20.3 Å². The predicted octanol–water partition coefficient (Wildman–Crippen LogP) is 4.97. The Labute approximate surface area is 211 Å². The van der Waals surface area contributed by atoms with Crippen LogP contribution < -0.4 is 10.3 Å². The Bertz CT molecular complexity index is 1180. The molecule has 190 valence electrons. The van der Waals surface area contributed by atoms with Gasteiger partial charge in [0.05, 0.1) is 37.4 Å². The molecule has 0 amide bonds. The summed E-state index contributed by atoms with van der Waals surface area (Å²) in [7, 11) is 1.63. The zero-order valence-electron chi connectivity index (χ0n) is 21.2. The average Bonchev–Trinajstić information content (AvgIpc) is 3.27. The van der Waals surface area contributed by atoms with Gasteiger partial charge < -0.3 is 19.6 Å². The fourth-order valence-electron chi connectivity index (χ4n) is 4.72. The first kappa shape index (κ1) is 25.8. The number of methoxy groups -OCH3 is 1. The van der Waals surface area contributed by atoms with Gasteiger partial charge in [-0.3, -0.25) is 9.69 Å². The van der Waals surface area contributed by atoms with Gasteiger partial charge in [0.25, 0.3) is 5.56 Å². The van der Waals surface area contributed by atoms with E-state index in [1.807, 2.05) is 50.4 Å². The van der Waals surface area contributed by atoms with Gasteiger partial charge in [0.1, 0.15) is 16.4 Å². The summed E-state index contributed by atoms with van der Waals surface area (Å²) in [5.74, 6) is 1.39. The lowest BCUT2D eigenvalue weighted by Gasteiger charge is -2.35. The number of H-pyrrole nitrogens is 1. The third kappa shape index (κ3) is 6.70. The molecule has 1 aliphatic rings. The van der Waals surface area contributed by atoms with E-state index in [4.69, 9.17) is 14.5 Å². The quantitative estimate of drug-likeness (QED) is 0.432. The number of nitrogens with zero attached hydrogens (tertiary/aromatic N) is 2. The Hall–Kier alpha value is -2.26. The molecule has 4 rings (SSSR count). The first-order valence-corrected chi connectivity index (χ1v) is 13.3. The van der Waals surface area contributed by atoms with Crippen LogP contribution in [0.15, 0.2) is 34.4 Å². The minimum absolute atomic E-state index is 0.135. The third-order valence-corrected chi connectivity index (χ3v) is 7.34. The molecule has 0 saturated heterocycles. The van der Waals surface area contributed by atoms with Crippen LogP contribution in [0.3, 0.4) is 0 Å². The number of hydrogen-bond donors (Lipinski definition) is 2. The van der Waals surface area contributed by atoms with Crippen molar-refractivity contribution in [1.29, 1.82) is 0 Å². The van der Waals surface area contributed by atoms with E-state index in [1.54, 1.807) is 7.11 Å². The van der Waals surface area contributed by atoms with Crippen molar-refractivity contribution in [3.63, 3.8) is 0 Å². The standard InChI is InChI=1S/C27H37N3O4S/c1-27(2,3)34-16-20(31)14-30(19-10-6-5-7-11-19)15-23-28-25(32)24-22(17-35-26(24)29-23)18-9-8-12-21(13-18)33-4/h8-9,12-13,17,19-20,31H,5-7,10-11,14-16H2,1-4H3,(H,28,29,32)/t20-/m1/s1. The van der Waals surface area contributed by atoms with Crippen molar-refractivity contribution in [3.8, 4) is 16.9 Å².